The summed E-state index contributed by atoms with van der Waals surface area (Å²) in [5.74, 6) is 0.391. The van der Waals surface area contributed by atoms with E-state index in [2.05, 4.69) is 4.74 Å². The molecule has 0 atom stereocenters. The highest BCUT2D eigenvalue weighted by Crippen LogP contribution is 2.38. The maximum Gasteiger partial charge on any atom is 0.513 e. The van der Waals surface area contributed by atoms with Gasteiger partial charge in [-0.15, -0.1) is 0 Å². The second-order valence-corrected chi connectivity index (χ2v) is 4.59. The third-order valence-corrected chi connectivity index (χ3v) is 2.52. The van der Waals surface area contributed by atoms with Crippen molar-refractivity contribution in [3.63, 3.8) is 0 Å². The molecule has 1 N–H and O–H groups in total. The number of hydroxylamine groups is 2. The van der Waals surface area contributed by atoms with Gasteiger partial charge >= 0.3 is 6.16 Å². The molecule has 1 aliphatic heterocycles. The lowest BCUT2D eigenvalue weighted by Crippen LogP contribution is -2.48. The molecule has 15 heavy (non-hydrogen) atoms. The first kappa shape index (κ1) is 12.0. The highest BCUT2D eigenvalue weighted by molar-refractivity contribution is 5.62. The smallest absolute Gasteiger partial charge is 0.437 e. The Labute approximate surface area is 89.2 Å². The number of hydrogen-bond acceptors (Lipinski definition) is 5. The molecule has 0 aromatic rings. The van der Waals surface area contributed by atoms with Crippen LogP contribution >= 0.6 is 0 Å². The van der Waals surface area contributed by atoms with Crippen molar-refractivity contribution < 1.29 is 19.5 Å². The van der Waals surface area contributed by atoms with Gasteiger partial charge in [0.05, 0.1) is 18.2 Å². The summed E-state index contributed by atoms with van der Waals surface area (Å²) >= 11 is 0. The van der Waals surface area contributed by atoms with Crippen LogP contribution in [0.1, 0.15) is 27.7 Å². The van der Waals surface area contributed by atoms with Gasteiger partial charge in [0.15, 0.2) is 0 Å². The number of ether oxygens (including phenoxy) is 2. The molecular weight excluding hydrogens is 198 g/mol. The molecule has 0 aromatic carbocycles. The highest BCUT2D eigenvalue weighted by atomic mass is 16.7. The molecule has 0 aliphatic carbocycles. The van der Waals surface area contributed by atoms with Gasteiger partial charge in [-0.25, -0.2) is 4.79 Å². The number of methoxy groups -OCH3 is 1. The largest absolute Gasteiger partial charge is 0.513 e. The van der Waals surface area contributed by atoms with Crippen molar-refractivity contribution in [1.29, 1.82) is 0 Å². The van der Waals surface area contributed by atoms with E-state index in [1.54, 1.807) is 19.9 Å². The van der Waals surface area contributed by atoms with E-state index in [0.29, 0.717) is 5.76 Å². The Hall–Kier alpha value is -1.07. The maximum absolute atomic E-state index is 11.0. The minimum atomic E-state index is -0.777. The van der Waals surface area contributed by atoms with Gasteiger partial charge in [-0.3, -0.25) is 0 Å². The van der Waals surface area contributed by atoms with Crippen molar-refractivity contribution in [3.8, 4) is 0 Å². The quantitative estimate of drug-likeness (QED) is 0.677. The monoisotopic (exact) mass is 215 g/mol. The number of carbonyl (C=O) groups excluding carboxylic acids is 1. The topological polar surface area (TPSA) is 59.0 Å². The van der Waals surface area contributed by atoms with E-state index >= 15 is 0 Å². The lowest BCUT2D eigenvalue weighted by atomic mass is 10.1. The SMILES string of the molecule is COC(=O)OC1=CC(C)(C)N(O)C1(C)C. The van der Waals surface area contributed by atoms with E-state index in [0.717, 1.165) is 5.06 Å². The molecule has 0 saturated heterocycles. The molecule has 0 fully saturated rings. The van der Waals surface area contributed by atoms with Gasteiger partial charge in [-0.05, 0) is 33.8 Å². The predicted molar refractivity (Wildman–Crippen MR) is 53.4 cm³/mol. The van der Waals surface area contributed by atoms with Crippen LogP contribution in [0.15, 0.2) is 11.8 Å². The number of hydrogen-bond donors (Lipinski definition) is 1. The van der Waals surface area contributed by atoms with Crippen LogP contribution in [0.3, 0.4) is 0 Å². The average Bonchev–Trinajstić information content (AvgIpc) is 2.27. The number of rotatable bonds is 1. The number of carbonyl (C=O) groups is 1. The van der Waals surface area contributed by atoms with Crippen LogP contribution in [0.25, 0.3) is 0 Å². The van der Waals surface area contributed by atoms with E-state index in [4.69, 9.17) is 4.74 Å². The van der Waals surface area contributed by atoms with E-state index in [9.17, 15) is 10.0 Å². The van der Waals surface area contributed by atoms with Crippen LogP contribution in [-0.2, 0) is 9.47 Å². The summed E-state index contributed by atoms with van der Waals surface area (Å²) < 4.78 is 9.39. The van der Waals surface area contributed by atoms with E-state index < -0.39 is 17.2 Å². The molecule has 5 nitrogen and oxygen atoms in total. The molecule has 1 heterocycles. The Bertz CT molecular complexity index is 307. The maximum atomic E-state index is 11.0. The van der Waals surface area contributed by atoms with Gasteiger partial charge in [0.25, 0.3) is 0 Å². The second-order valence-electron chi connectivity index (χ2n) is 4.59. The third kappa shape index (κ3) is 1.98. The zero-order chi connectivity index (χ0) is 11.9. The minimum Gasteiger partial charge on any atom is -0.437 e. The van der Waals surface area contributed by atoms with Gasteiger partial charge < -0.3 is 14.7 Å². The van der Waals surface area contributed by atoms with Gasteiger partial charge in [-0.2, -0.15) is 5.06 Å². The molecule has 0 saturated carbocycles. The first-order valence-corrected chi connectivity index (χ1v) is 4.70. The Kier molecular flexibility index (Phi) is 2.80. The van der Waals surface area contributed by atoms with Gasteiger partial charge in [0, 0.05) is 0 Å². The minimum absolute atomic E-state index is 0.391. The summed E-state index contributed by atoms with van der Waals surface area (Å²) in [4.78, 5) is 11.0. The third-order valence-electron chi connectivity index (χ3n) is 2.52. The molecule has 0 amide bonds. The highest BCUT2D eigenvalue weighted by Gasteiger charge is 2.47. The summed E-state index contributed by atoms with van der Waals surface area (Å²) in [6.07, 6.45) is 0.921. The summed E-state index contributed by atoms with van der Waals surface area (Å²) in [5.41, 5.74) is -1.30. The van der Waals surface area contributed by atoms with Gasteiger partial charge in [0.2, 0.25) is 0 Å². The first-order chi connectivity index (χ1) is 6.71. The van der Waals surface area contributed by atoms with E-state index in [1.165, 1.54) is 7.11 Å². The molecule has 0 unspecified atom stereocenters. The van der Waals surface area contributed by atoms with Crippen molar-refractivity contribution >= 4 is 6.16 Å². The fourth-order valence-electron chi connectivity index (χ4n) is 1.67. The molecule has 0 bridgehead atoms. The van der Waals surface area contributed by atoms with Crippen LogP contribution < -0.4 is 0 Å². The van der Waals surface area contributed by atoms with Gasteiger partial charge in [-0.1, -0.05) is 0 Å². The fourth-order valence-corrected chi connectivity index (χ4v) is 1.67. The molecule has 1 aliphatic rings. The first-order valence-electron chi connectivity index (χ1n) is 4.70. The van der Waals surface area contributed by atoms with E-state index in [-0.39, 0.29) is 0 Å². The number of nitrogens with zero attached hydrogens (tertiary/aromatic N) is 1. The van der Waals surface area contributed by atoms with Gasteiger partial charge in [0.1, 0.15) is 5.76 Å². The molecule has 86 valence electrons. The van der Waals surface area contributed by atoms with Crippen molar-refractivity contribution in [1.82, 2.24) is 5.06 Å². The normalized spacial score (nSPS) is 23.5. The Balaban J connectivity index is 2.93. The predicted octanol–water partition coefficient (Wildman–Crippen LogP) is 1.92. The van der Waals surface area contributed by atoms with Crippen molar-refractivity contribution in [2.45, 2.75) is 38.8 Å². The molecule has 1 rings (SSSR count). The lowest BCUT2D eigenvalue weighted by molar-refractivity contribution is -0.190. The summed E-state index contributed by atoms with van der Waals surface area (Å²) in [7, 11) is 1.24. The fraction of sp³-hybridized carbons (Fsp3) is 0.700. The second kappa shape index (κ2) is 3.50. The zero-order valence-electron chi connectivity index (χ0n) is 9.70. The van der Waals surface area contributed by atoms with Crippen LogP contribution in [-0.4, -0.2) is 34.6 Å². The summed E-state index contributed by atoms with van der Waals surface area (Å²) in [6, 6.07) is 0. The summed E-state index contributed by atoms with van der Waals surface area (Å²) in [6.45, 7) is 7.16. The molecule has 5 heteroatoms. The molecule has 0 aromatic heterocycles. The van der Waals surface area contributed by atoms with Crippen LogP contribution in [0.5, 0.6) is 0 Å². The van der Waals surface area contributed by atoms with Crippen LogP contribution in [0.4, 0.5) is 4.79 Å². The summed E-state index contributed by atoms with van der Waals surface area (Å²) in [5, 5.41) is 11.0. The molecule has 0 spiro atoms. The Morgan fingerprint density at radius 2 is 1.93 bits per heavy atom. The van der Waals surface area contributed by atoms with Crippen molar-refractivity contribution in [2.24, 2.45) is 0 Å². The average molecular weight is 215 g/mol. The Morgan fingerprint density at radius 1 is 1.40 bits per heavy atom. The lowest BCUT2D eigenvalue weighted by Gasteiger charge is -2.34. The molecule has 0 radical (unpaired) electrons. The standard InChI is InChI=1S/C10H17NO4/c1-9(2)6-7(15-8(12)14-5)10(3,4)11(9)13/h6,13H,1-5H3. The Morgan fingerprint density at radius 3 is 2.27 bits per heavy atom. The van der Waals surface area contributed by atoms with Crippen molar-refractivity contribution in [2.75, 3.05) is 7.11 Å². The van der Waals surface area contributed by atoms with Crippen molar-refractivity contribution in [3.05, 3.63) is 11.8 Å². The van der Waals surface area contributed by atoms with E-state index in [1.807, 2.05) is 13.8 Å². The molecular formula is C10H17NO4. The van der Waals surface area contributed by atoms with Crippen LogP contribution in [0, 0.1) is 0 Å². The van der Waals surface area contributed by atoms with Crippen LogP contribution in [0.2, 0.25) is 0 Å². The zero-order valence-corrected chi connectivity index (χ0v) is 9.70.